The van der Waals surface area contributed by atoms with Crippen LogP contribution >= 0.6 is 0 Å². The second kappa shape index (κ2) is 9.54. The van der Waals surface area contributed by atoms with Crippen molar-refractivity contribution >= 4 is 17.8 Å². The third-order valence-electron chi connectivity index (χ3n) is 5.50. The molecule has 0 aliphatic carbocycles. The first-order valence-electron chi connectivity index (χ1n) is 9.99. The zero-order chi connectivity index (χ0) is 21.7. The summed E-state index contributed by atoms with van der Waals surface area (Å²) < 4.78 is 0. The fraction of sp³-hybridized carbons (Fsp3) is 0.348. The van der Waals surface area contributed by atoms with Crippen molar-refractivity contribution in [2.45, 2.75) is 50.9 Å². The van der Waals surface area contributed by atoms with E-state index < -0.39 is 36.0 Å². The molecule has 0 bridgehead atoms. The minimum atomic E-state index is -1.07. The first-order valence-corrected chi connectivity index (χ1v) is 9.99. The molecule has 0 saturated heterocycles. The summed E-state index contributed by atoms with van der Waals surface area (Å²) in [6, 6.07) is 14.3. The lowest BCUT2D eigenvalue weighted by Gasteiger charge is -2.36. The van der Waals surface area contributed by atoms with Gasteiger partial charge in [0.1, 0.15) is 12.1 Å². The molecule has 2 aromatic rings. The predicted molar refractivity (Wildman–Crippen MR) is 111 cm³/mol. The van der Waals surface area contributed by atoms with Crippen molar-refractivity contribution in [3.63, 3.8) is 0 Å². The van der Waals surface area contributed by atoms with Crippen LogP contribution in [0, 0.1) is 0 Å². The van der Waals surface area contributed by atoms with E-state index in [-0.39, 0.29) is 13.0 Å². The third-order valence-corrected chi connectivity index (χ3v) is 5.50. The minimum Gasteiger partial charge on any atom is -0.480 e. The third kappa shape index (κ3) is 5.04. The van der Waals surface area contributed by atoms with Crippen molar-refractivity contribution in [1.82, 2.24) is 10.2 Å². The molecule has 1 aliphatic heterocycles. The highest BCUT2D eigenvalue weighted by molar-refractivity contribution is 5.88. The number of carbonyl (C=O) groups is 3. The maximum Gasteiger partial charge on any atom is 0.326 e. The molecule has 2 aromatic carbocycles. The van der Waals surface area contributed by atoms with Gasteiger partial charge in [0, 0.05) is 13.0 Å². The quantitative estimate of drug-likeness (QED) is 0.615. The normalized spacial score (nSPS) is 17.6. The number of carboxylic acid groups (broad SMARTS) is 2. The monoisotopic (exact) mass is 410 g/mol. The van der Waals surface area contributed by atoms with E-state index in [1.165, 1.54) is 4.90 Å². The number of carbonyl (C=O) groups excluding carboxylic acids is 1. The molecular formula is C23H26N2O5. The highest BCUT2D eigenvalue weighted by Crippen LogP contribution is 2.24. The number of benzene rings is 2. The molecule has 3 N–H and O–H groups in total. The van der Waals surface area contributed by atoms with Gasteiger partial charge in [-0.25, -0.2) is 4.79 Å². The standard InChI is InChI=1S/C23H26N2O5/c1-15(24-19(22(27)28)12-11-16-7-3-2-4-8-16)21(26)25-14-18-10-6-5-9-17(18)13-20(25)23(29)30/h2-10,15,19-20,24H,11-14H2,1H3,(H,27,28)(H,29,30)/t15-,19-,20-/m1/s1. The molecule has 0 aromatic heterocycles. The first-order chi connectivity index (χ1) is 14.4. The van der Waals surface area contributed by atoms with Crippen molar-refractivity contribution in [2.24, 2.45) is 0 Å². The van der Waals surface area contributed by atoms with Gasteiger partial charge in [-0.15, -0.1) is 0 Å². The number of nitrogens with zero attached hydrogens (tertiary/aromatic N) is 1. The molecule has 158 valence electrons. The fourth-order valence-corrected chi connectivity index (χ4v) is 3.83. The maximum atomic E-state index is 13.1. The summed E-state index contributed by atoms with van der Waals surface area (Å²) in [7, 11) is 0. The van der Waals surface area contributed by atoms with Gasteiger partial charge in [-0.3, -0.25) is 14.9 Å². The van der Waals surface area contributed by atoms with Gasteiger partial charge >= 0.3 is 11.9 Å². The van der Waals surface area contributed by atoms with Crippen LogP contribution < -0.4 is 5.32 Å². The molecule has 0 radical (unpaired) electrons. The summed E-state index contributed by atoms with van der Waals surface area (Å²) in [5.74, 6) is -2.52. The van der Waals surface area contributed by atoms with Gasteiger partial charge < -0.3 is 15.1 Å². The van der Waals surface area contributed by atoms with E-state index in [1.54, 1.807) is 6.92 Å². The molecule has 0 spiro atoms. The Kier molecular flexibility index (Phi) is 6.84. The van der Waals surface area contributed by atoms with Crippen molar-refractivity contribution < 1.29 is 24.6 Å². The predicted octanol–water partition coefficient (Wildman–Crippen LogP) is 2.09. The smallest absolute Gasteiger partial charge is 0.326 e. The number of hydrogen-bond donors (Lipinski definition) is 3. The lowest BCUT2D eigenvalue weighted by Crippen LogP contribution is -2.56. The average Bonchev–Trinajstić information content (AvgIpc) is 2.75. The van der Waals surface area contributed by atoms with E-state index in [1.807, 2.05) is 54.6 Å². The summed E-state index contributed by atoms with van der Waals surface area (Å²) in [5, 5.41) is 22.1. The number of rotatable bonds is 8. The highest BCUT2D eigenvalue weighted by atomic mass is 16.4. The zero-order valence-electron chi connectivity index (χ0n) is 16.8. The van der Waals surface area contributed by atoms with Gasteiger partial charge in [0.05, 0.1) is 6.04 Å². The number of aliphatic carboxylic acids is 2. The van der Waals surface area contributed by atoms with Crippen LogP contribution in [0.5, 0.6) is 0 Å². The number of aryl methyl sites for hydroxylation is 1. The van der Waals surface area contributed by atoms with E-state index in [9.17, 15) is 24.6 Å². The van der Waals surface area contributed by atoms with E-state index in [4.69, 9.17) is 0 Å². The Bertz CT molecular complexity index is 915. The van der Waals surface area contributed by atoms with Crippen LogP contribution in [-0.2, 0) is 33.8 Å². The van der Waals surface area contributed by atoms with E-state index >= 15 is 0 Å². The van der Waals surface area contributed by atoms with Crippen molar-refractivity contribution in [1.29, 1.82) is 0 Å². The Hall–Kier alpha value is -3.19. The lowest BCUT2D eigenvalue weighted by molar-refractivity contribution is -0.152. The summed E-state index contributed by atoms with van der Waals surface area (Å²) in [4.78, 5) is 37.9. The van der Waals surface area contributed by atoms with Crippen molar-refractivity contribution in [2.75, 3.05) is 0 Å². The van der Waals surface area contributed by atoms with Crippen LogP contribution in [0.4, 0.5) is 0 Å². The number of fused-ring (bicyclic) bond motifs is 1. The van der Waals surface area contributed by atoms with Crippen LogP contribution in [0.3, 0.4) is 0 Å². The van der Waals surface area contributed by atoms with Gasteiger partial charge in [0.2, 0.25) is 5.91 Å². The molecular weight excluding hydrogens is 384 g/mol. The Morgan fingerprint density at radius 3 is 2.30 bits per heavy atom. The number of carboxylic acids is 2. The average molecular weight is 410 g/mol. The SMILES string of the molecule is C[C@@H](N[C@H](CCc1ccccc1)C(=O)O)C(=O)N1Cc2ccccc2C[C@@H]1C(=O)O. The molecule has 7 heteroatoms. The molecule has 3 rings (SSSR count). The van der Waals surface area contributed by atoms with Crippen LogP contribution in [0.15, 0.2) is 54.6 Å². The Morgan fingerprint density at radius 1 is 1.03 bits per heavy atom. The number of amides is 1. The summed E-state index contributed by atoms with van der Waals surface area (Å²) in [6.07, 6.45) is 1.11. The summed E-state index contributed by atoms with van der Waals surface area (Å²) in [6.45, 7) is 1.78. The van der Waals surface area contributed by atoms with E-state index in [0.29, 0.717) is 12.8 Å². The van der Waals surface area contributed by atoms with Crippen LogP contribution in [0.1, 0.15) is 30.0 Å². The van der Waals surface area contributed by atoms with Gasteiger partial charge in [-0.2, -0.15) is 0 Å². The molecule has 7 nitrogen and oxygen atoms in total. The molecule has 1 heterocycles. The first kappa shape index (κ1) is 21.5. The van der Waals surface area contributed by atoms with E-state index in [2.05, 4.69) is 5.32 Å². The molecule has 1 amide bonds. The highest BCUT2D eigenvalue weighted by Gasteiger charge is 2.37. The van der Waals surface area contributed by atoms with E-state index in [0.717, 1.165) is 16.7 Å². The number of nitrogens with one attached hydrogen (secondary N) is 1. The molecule has 30 heavy (non-hydrogen) atoms. The molecule has 0 unspecified atom stereocenters. The molecule has 3 atom stereocenters. The van der Waals surface area contributed by atoms with Gasteiger partial charge in [-0.05, 0) is 36.5 Å². The Labute approximate surface area is 175 Å². The second-order valence-corrected chi connectivity index (χ2v) is 7.60. The molecule has 0 fully saturated rings. The lowest BCUT2D eigenvalue weighted by atomic mass is 9.93. The Morgan fingerprint density at radius 2 is 1.67 bits per heavy atom. The van der Waals surface area contributed by atoms with Crippen LogP contribution in [0.2, 0.25) is 0 Å². The fourth-order valence-electron chi connectivity index (χ4n) is 3.83. The van der Waals surface area contributed by atoms with Gasteiger partial charge in [-0.1, -0.05) is 54.6 Å². The van der Waals surface area contributed by atoms with Gasteiger partial charge in [0.25, 0.3) is 0 Å². The zero-order valence-corrected chi connectivity index (χ0v) is 16.8. The maximum absolute atomic E-state index is 13.1. The molecule has 1 aliphatic rings. The number of hydrogen-bond acceptors (Lipinski definition) is 4. The summed E-state index contributed by atoms with van der Waals surface area (Å²) in [5.41, 5.74) is 2.85. The van der Waals surface area contributed by atoms with Crippen LogP contribution in [0.25, 0.3) is 0 Å². The Balaban J connectivity index is 1.69. The second-order valence-electron chi connectivity index (χ2n) is 7.60. The van der Waals surface area contributed by atoms with Gasteiger partial charge in [0.15, 0.2) is 0 Å². The molecule has 0 saturated carbocycles. The van der Waals surface area contributed by atoms with Crippen molar-refractivity contribution in [3.8, 4) is 0 Å². The largest absolute Gasteiger partial charge is 0.480 e. The van der Waals surface area contributed by atoms with Crippen LogP contribution in [-0.4, -0.2) is 51.1 Å². The minimum absolute atomic E-state index is 0.194. The van der Waals surface area contributed by atoms with Crippen molar-refractivity contribution in [3.05, 3.63) is 71.3 Å². The summed E-state index contributed by atoms with van der Waals surface area (Å²) >= 11 is 0. The topological polar surface area (TPSA) is 107 Å².